The highest BCUT2D eigenvalue weighted by Crippen LogP contribution is 2.33. The van der Waals surface area contributed by atoms with Crippen molar-refractivity contribution in [2.75, 3.05) is 6.54 Å². The lowest BCUT2D eigenvalue weighted by Gasteiger charge is -2.13. The SMILES string of the molecule is O=C1CC2(CN1)CC(=O)NC2=O. The van der Waals surface area contributed by atoms with Gasteiger partial charge in [-0.2, -0.15) is 0 Å². The van der Waals surface area contributed by atoms with Crippen LogP contribution in [0.25, 0.3) is 0 Å². The molecular formula is C7H8N2O3. The van der Waals surface area contributed by atoms with E-state index in [4.69, 9.17) is 0 Å². The lowest BCUT2D eigenvalue weighted by Crippen LogP contribution is -2.33. The summed E-state index contributed by atoms with van der Waals surface area (Å²) in [5, 5.41) is 4.75. The topological polar surface area (TPSA) is 75.3 Å². The average Bonchev–Trinajstić information content (AvgIpc) is 2.43. The molecule has 2 fully saturated rings. The first kappa shape index (κ1) is 7.27. The normalized spacial score (nSPS) is 34.2. The number of nitrogens with one attached hydrogen (secondary N) is 2. The first-order chi connectivity index (χ1) is 5.62. The summed E-state index contributed by atoms with van der Waals surface area (Å²) in [6, 6.07) is 0. The largest absolute Gasteiger partial charge is 0.355 e. The molecule has 2 aliphatic heterocycles. The van der Waals surface area contributed by atoms with Gasteiger partial charge in [-0.3, -0.25) is 19.7 Å². The summed E-state index contributed by atoms with van der Waals surface area (Å²) in [5.74, 6) is -0.748. The molecule has 1 spiro atoms. The minimum Gasteiger partial charge on any atom is -0.355 e. The molecule has 0 bridgehead atoms. The molecule has 2 N–H and O–H groups in total. The average molecular weight is 168 g/mol. The molecule has 5 heteroatoms. The highest BCUT2D eigenvalue weighted by molar-refractivity contribution is 6.08. The zero-order chi connectivity index (χ0) is 8.77. The van der Waals surface area contributed by atoms with Crippen molar-refractivity contribution in [2.24, 2.45) is 5.41 Å². The second-order valence-corrected chi connectivity index (χ2v) is 3.29. The van der Waals surface area contributed by atoms with E-state index in [9.17, 15) is 14.4 Å². The van der Waals surface area contributed by atoms with Crippen LogP contribution in [0.5, 0.6) is 0 Å². The predicted molar refractivity (Wildman–Crippen MR) is 37.8 cm³/mol. The van der Waals surface area contributed by atoms with E-state index in [0.29, 0.717) is 6.54 Å². The number of carbonyl (C=O) groups is 3. The second kappa shape index (κ2) is 2.06. The summed E-state index contributed by atoms with van der Waals surface area (Å²) in [5.41, 5.74) is -0.770. The van der Waals surface area contributed by atoms with E-state index < -0.39 is 5.41 Å². The van der Waals surface area contributed by atoms with E-state index in [1.54, 1.807) is 0 Å². The van der Waals surface area contributed by atoms with Crippen molar-refractivity contribution in [3.63, 3.8) is 0 Å². The molecule has 1 atom stereocenters. The Hall–Kier alpha value is -1.39. The van der Waals surface area contributed by atoms with Crippen molar-refractivity contribution in [2.45, 2.75) is 12.8 Å². The van der Waals surface area contributed by atoms with Crippen molar-refractivity contribution in [3.8, 4) is 0 Å². The van der Waals surface area contributed by atoms with Crippen LogP contribution in [0.15, 0.2) is 0 Å². The maximum atomic E-state index is 11.2. The minimum absolute atomic E-state index is 0.143. The summed E-state index contributed by atoms with van der Waals surface area (Å²) in [6.45, 7) is 0.295. The molecule has 0 radical (unpaired) electrons. The van der Waals surface area contributed by atoms with Gasteiger partial charge in [-0.1, -0.05) is 0 Å². The molecule has 0 aromatic carbocycles. The molecular weight excluding hydrogens is 160 g/mol. The monoisotopic (exact) mass is 168 g/mol. The van der Waals surface area contributed by atoms with E-state index in [0.717, 1.165) is 0 Å². The summed E-state index contributed by atoms with van der Waals surface area (Å²) >= 11 is 0. The Labute approximate surface area is 68.5 Å². The smallest absolute Gasteiger partial charge is 0.235 e. The van der Waals surface area contributed by atoms with E-state index in [2.05, 4.69) is 10.6 Å². The standard InChI is InChI=1S/C7H8N2O3/c10-4-1-7(3-8-4)2-5(11)9-6(7)12/h1-3H2,(H,8,10)(H,9,11,12). The third-order valence-corrected chi connectivity index (χ3v) is 2.36. The van der Waals surface area contributed by atoms with Gasteiger partial charge in [0.05, 0.1) is 5.41 Å². The Morgan fingerprint density at radius 3 is 2.17 bits per heavy atom. The highest BCUT2D eigenvalue weighted by atomic mass is 16.2. The van der Waals surface area contributed by atoms with Crippen LogP contribution in [-0.2, 0) is 14.4 Å². The summed E-state index contributed by atoms with van der Waals surface area (Å²) in [4.78, 5) is 32.9. The molecule has 2 rings (SSSR count). The van der Waals surface area contributed by atoms with Crippen LogP contribution in [0.3, 0.4) is 0 Å². The van der Waals surface area contributed by atoms with Crippen LogP contribution in [0.2, 0.25) is 0 Å². The highest BCUT2D eigenvalue weighted by Gasteiger charge is 2.51. The van der Waals surface area contributed by atoms with Crippen LogP contribution < -0.4 is 10.6 Å². The van der Waals surface area contributed by atoms with Gasteiger partial charge in [0, 0.05) is 19.4 Å². The molecule has 5 nitrogen and oxygen atoms in total. The Kier molecular flexibility index (Phi) is 1.25. The number of rotatable bonds is 0. The van der Waals surface area contributed by atoms with Gasteiger partial charge in [0.25, 0.3) is 0 Å². The number of carbonyl (C=O) groups excluding carboxylic acids is 3. The molecule has 2 saturated heterocycles. The maximum Gasteiger partial charge on any atom is 0.235 e. The summed E-state index contributed by atoms with van der Waals surface area (Å²) < 4.78 is 0. The number of hydrogen-bond donors (Lipinski definition) is 2. The fourth-order valence-corrected chi connectivity index (χ4v) is 1.68. The van der Waals surface area contributed by atoms with Crippen LogP contribution in [0.4, 0.5) is 0 Å². The summed E-state index contributed by atoms with van der Waals surface area (Å²) in [6.07, 6.45) is 0.287. The Morgan fingerprint density at radius 1 is 1.08 bits per heavy atom. The van der Waals surface area contributed by atoms with Gasteiger partial charge in [0.2, 0.25) is 17.7 Å². The van der Waals surface area contributed by atoms with E-state index in [1.165, 1.54) is 0 Å². The lowest BCUT2D eigenvalue weighted by atomic mass is 9.85. The first-order valence-corrected chi connectivity index (χ1v) is 3.73. The van der Waals surface area contributed by atoms with Gasteiger partial charge in [0.15, 0.2) is 0 Å². The Balaban J connectivity index is 2.27. The first-order valence-electron chi connectivity index (χ1n) is 3.73. The quantitative estimate of drug-likeness (QED) is 0.434. The van der Waals surface area contributed by atoms with Crippen molar-refractivity contribution in [1.29, 1.82) is 0 Å². The number of imide groups is 1. The molecule has 0 aliphatic carbocycles. The van der Waals surface area contributed by atoms with Crippen molar-refractivity contribution >= 4 is 17.7 Å². The molecule has 12 heavy (non-hydrogen) atoms. The number of amides is 3. The van der Waals surface area contributed by atoms with Crippen molar-refractivity contribution in [3.05, 3.63) is 0 Å². The van der Waals surface area contributed by atoms with Gasteiger partial charge in [-0.05, 0) is 0 Å². The van der Waals surface area contributed by atoms with Crippen LogP contribution in [0.1, 0.15) is 12.8 Å². The van der Waals surface area contributed by atoms with E-state index >= 15 is 0 Å². The molecule has 2 heterocycles. The van der Waals surface area contributed by atoms with E-state index in [-0.39, 0.29) is 30.6 Å². The third kappa shape index (κ3) is 0.823. The fourth-order valence-electron chi connectivity index (χ4n) is 1.68. The Bertz CT molecular complexity index is 282. The third-order valence-electron chi connectivity index (χ3n) is 2.36. The zero-order valence-electron chi connectivity index (χ0n) is 6.35. The summed E-state index contributed by atoms with van der Waals surface area (Å²) in [7, 11) is 0. The van der Waals surface area contributed by atoms with Gasteiger partial charge in [-0.15, -0.1) is 0 Å². The molecule has 0 aromatic heterocycles. The van der Waals surface area contributed by atoms with Gasteiger partial charge in [-0.25, -0.2) is 0 Å². The lowest BCUT2D eigenvalue weighted by molar-refractivity contribution is -0.129. The number of hydrogen-bond acceptors (Lipinski definition) is 3. The van der Waals surface area contributed by atoms with Gasteiger partial charge < -0.3 is 5.32 Å². The molecule has 2 aliphatic rings. The minimum atomic E-state index is -0.770. The van der Waals surface area contributed by atoms with Crippen LogP contribution in [0, 0.1) is 5.41 Å². The van der Waals surface area contributed by atoms with Gasteiger partial charge in [0.1, 0.15) is 0 Å². The van der Waals surface area contributed by atoms with Crippen LogP contribution in [-0.4, -0.2) is 24.3 Å². The van der Waals surface area contributed by atoms with Gasteiger partial charge >= 0.3 is 0 Å². The van der Waals surface area contributed by atoms with Crippen molar-refractivity contribution in [1.82, 2.24) is 10.6 Å². The molecule has 1 unspecified atom stereocenters. The van der Waals surface area contributed by atoms with Crippen LogP contribution >= 0.6 is 0 Å². The maximum absolute atomic E-state index is 11.2. The second-order valence-electron chi connectivity index (χ2n) is 3.29. The molecule has 0 aromatic rings. The Morgan fingerprint density at radius 2 is 1.75 bits per heavy atom. The fraction of sp³-hybridized carbons (Fsp3) is 0.571. The predicted octanol–water partition coefficient (Wildman–Crippen LogP) is -1.46. The zero-order valence-corrected chi connectivity index (χ0v) is 6.35. The molecule has 0 saturated carbocycles. The van der Waals surface area contributed by atoms with Crippen molar-refractivity contribution < 1.29 is 14.4 Å². The van der Waals surface area contributed by atoms with E-state index in [1.807, 2.05) is 0 Å². The molecule has 3 amide bonds. The molecule has 64 valence electrons.